The molecule has 0 spiro atoms. The second-order valence-corrected chi connectivity index (χ2v) is 5.90. The zero-order chi connectivity index (χ0) is 13.9. The number of nitrogens with two attached hydrogens (primary N) is 1. The van der Waals surface area contributed by atoms with E-state index >= 15 is 0 Å². The van der Waals surface area contributed by atoms with Crippen molar-refractivity contribution in [3.63, 3.8) is 0 Å². The van der Waals surface area contributed by atoms with E-state index < -0.39 is 5.54 Å². The quantitative estimate of drug-likeness (QED) is 0.893. The molecule has 1 saturated carbocycles. The summed E-state index contributed by atoms with van der Waals surface area (Å²) in [5, 5.41) is 3.72. The molecule has 0 saturated heterocycles. The van der Waals surface area contributed by atoms with Gasteiger partial charge in [0.25, 0.3) is 0 Å². The maximum atomic E-state index is 12.3. The van der Waals surface area contributed by atoms with E-state index in [2.05, 4.69) is 5.32 Å². The summed E-state index contributed by atoms with van der Waals surface area (Å²) in [7, 11) is 0. The van der Waals surface area contributed by atoms with Crippen molar-refractivity contribution in [2.75, 3.05) is 0 Å². The third-order valence-corrected chi connectivity index (χ3v) is 4.17. The first-order valence-electron chi connectivity index (χ1n) is 6.86. The topological polar surface area (TPSA) is 55.1 Å². The molecule has 3 nitrogen and oxygen atoms in total. The number of carbonyl (C=O) groups is 1. The van der Waals surface area contributed by atoms with Crippen LogP contribution in [0.25, 0.3) is 0 Å². The molecule has 2 rings (SSSR count). The molecule has 1 aliphatic carbocycles. The molecule has 1 atom stereocenters. The first-order chi connectivity index (χ1) is 9.01. The molecular weight excluding hydrogens is 260 g/mol. The number of hydrogen-bond donors (Lipinski definition) is 2. The van der Waals surface area contributed by atoms with Crippen LogP contribution >= 0.6 is 11.6 Å². The molecule has 1 amide bonds. The Kier molecular flexibility index (Phi) is 4.48. The van der Waals surface area contributed by atoms with Gasteiger partial charge in [0.15, 0.2) is 0 Å². The SMILES string of the molecule is C[C@@H](NC(=O)C1(N)CCCCC1)c1ccc(Cl)cc1. The number of amides is 1. The molecule has 4 heteroatoms. The Balaban J connectivity index is 2.00. The van der Waals surface area contributed by atoms with Crippen LogP contribution in [-0.4, -0.2) is 11.4 Å². The molecule has 1 fully saturated rings. The Morgan fingerprint density at radius 3 is 2.42 bits per heavy atom. The first-order valence-corrected chi connectivity index (χ1v) is 7.24. The van der Waals surface area contributed by atoms with Gasteiger partial charge in [-0.1, -0.05) is 43.0 Å². The molecule has 0 radical (unpaired) electrons. The molecule has 1 aromatic rings. The van der Waals surface area contributed by atoms with Crippen LogP contribution in [0.2, 0.25) is 5.02 Å². The highest BCUT2D eigenvalue weighted by molar-refractivity contribution is 6.30. The normalized spacial score (nSPS) is 19.7. The van der Waals surface area contributed by atoms with Gasteiger partial charge in [-0.05, 0) is 37.5 Å². The summed E-state index contributed by atoms with van der Waals surface area (Å²) < 4.78 is 0. The summed E-state index contributed by atoms with van der Waals surface area (Å²) in [6, 6.07) is 7.47. The second kappa shape index (κ2) is 5.93. The van der Waals surface area contributed by atoms with Crippen LogP contribution in [-0.2, 0) is 4.79 Å². The summed E-state index contributed by atoms with van der Waals surface area (Å²) in [5.74, 6) is -0.0327. The van der Waals surface area contributed by atoms with Gasteiger partial charge in [0, 0.05) is 5.02 Å². The average Bonchev–Trinajstić information content (AvgIpc) is 2.40. The summed E-state index contributed by atoms with van der Waals surface area (Å²) in [6.45, 7) is 1.97. The van der Waals surface area contributed by atoms with E-state index in [-0.39, 0.29) is 11.9 Å². The Bertz CT molecular complexity index is 438. The fraction of sp³-hybridized carbons (Fsp3) is 0.533. The second-order valence-electron chi connectivity index (χ2n) is 5.46. The van der Waals surface area contributed by atoms with Gasteiger partial charge in [-0.3, -0.25) is 4.79 Å². The maximum Gasteiger partial charge on any atom is 0.240 e. The van der Waals surface area contributed by atoms with Crippen molar-refractivity contribution in [3.05, 3.63) is 34.9 Å². The third kappa shape index (κ3) is 3.48. The lowest BCUT2D eigenvalue weighted by atomic mass is 9.81. The van der Waals surface area contributed by atoms with Crippen LogP contribution in [0.4, 0.5) is 0 Å². The number of hydrogen-bond acceptors (Lipinski definition) is 2. The molecule has 104 valence electrons. The molecule has 0 heterocycles. The van der Waals surface area contributed by atoms with E-state index in [1.165, 1.54) is 6.42 Å². The van der Waals surface area contributed by atoms with E-state index in [1.54, 1.807) is 0 Å². The van der Waals surface area contributed by atoms with Crippen molar-refractivity contribution in [1.29, 1.82) is 0 Å². The lowest BCUT2D eigenvalue weighted by Crippen LogP contribution is -2.55. The van der Waals surface area contributed by atoms with Crippen molar-refractivity contribution in [3.8, 4) is 0 Å². The molecule has 0 aromatic heterocycles. The highest BCUT2D eigenvalue weighted by Crippen LogP contribution is 2.27. The molecular formula is C15H21ClN2O. The van der Waals surface area contributed by atoms with Gasteiger partial charge in [0.1, 0.15) is 0 Å². The van der Waals surface area contributed by atoms with Crippen molar-refractivity contribution in [2.24, 2.45) is 5.73 Å². The smallest absolute Gasteiger partial charge is 0.240 e. The van der Waals surface area contributed by atoms with Gasteiger partial charge in [0.05, 0.1) is 11.6 Å². The minimum absolute atomic E-state index is 0.0327. The van der Waals surface area contributed by atoms with Gasteiger partial charge < -0.3 is 11.1 Å². The largest absolute Gasteiger partial charge is 0.348 e. The van der Waals surface area contributed by atoms with Crippen molar-refractivity contribution < 1.29 is 4.79 Å². The molecule has 3 N–H and O–H groups in total. The van der Waals surface area contributed by atoms with Crippen LogP contribution in [0.3, 0.4) is 0 Å². The van der Waals surface area contributed by atoms with E-state index in [0.717, 1.165) is 31.2 Å². The average molecular weight is 281 g/mol. The molecule has 0 aliphatic heterocycles. The fourth-order valence-corrected chi connectivity index (χ4v) is 2.71. The number of nitrogens with one attached hydrogen (secondary N) is 1. The van der Waals surface area contributed by atoms with Crippen molar-refractivity contribution >= 4 is 17.5 Å². The highest BCUT2D eigenvalue weighted by atomic mass is 35.5. The Morgan fingerprint density at radius 1 is 1.26 bits per heavy atom. The van der Waals surface area contributed by atoms with Gasteiger partial charge in [-0.15, -0.1) is 0 Å². The van der Waals surface area contributed by atoms with Crippen LogP contribution in [0, 0.1) is 0 Å². The first kappa shape index (κ1) is 14.4. The predicted molar refractivity (Wildman–Crippen MR) is 78.0 cm³/mol. The van der Waals surface area contributed by atoms with Gasteiger partial charge >= 0.3 is 0 Å². The van der Waals surface area contributed by atoms with E-state index in [4.69, 9.17) is 17.3 Å². The van der Waals surface area contributed by atoms with Crippen LogP contribution in [0.15, 0.2) is 24.3 Å². The summed E-state index contributed by atoms with van der Waals surface area (Å²) >= 11 is 5.86. The fourth-order valence-electron chi connectivity index (χ4n) is 2.58. The minimum atomic E-state index is -0.682. The monoisotopic (exact) mass is 280 g/mol. The Labute approximate surface area is 119 Å². The highest BCUT2D eigenvalue weighted by Gasteiger charge is 2.35. The molecule has 0 bridgehead atoms. The molecule has 0 unspecified atom stereocenters. The van der Waals surface area contributed by atoms with Crippen molar-refractivity contribution in [1.82, 2.24) is 5.32 Å². The molecule has 19 heavy (non-hydrogen) atoms. The van der Waals surface area contributed by atoms with Gasteiger partial charge in [-0.25, -0.2) is 0 Å². The van der Waals surface area contributed by atoms with Crippen LogP contribution in [0.1, 0.15) is 50.6 Å². The zero-order valence-electron chi connectivity index (χ0n) is 11.3. The lowest BCUT2D eigenvalue weighted by molar-refractivity contribution is -0.128. The van der Waals surface area contributed by atoms with E-state index in [9.17, 15) is 4.79 Å². The molecule has 1 aliphatic rings. The zero-order valence-corrected chi connectivity index (χ0v) is 12.0. The van der Waals surface area contributed by atoms with E-state index in [1.807, 2.05) is 31.2 Å². The molecule has 1 aromatic carbocycles. The lowest BCUT2D eigenvalue weighted by Gasteiger charge is -2.33. The summed E-state index contributed by atoms with van der Waals surface area (Å²) in [4.78, 5) is 12.3. The minimum Gasteiger partial charge on any atom is -0.348 e. The number of rotatable bonds is 3. The summed E-state index contributed by atoms with van der Waals surface area (Å²) in [6.07, 6.45) is 4.83. The van der Waals surface area contributed by atoms with E-state index in [0.29, 0.717) is 5.02 Å². The number of benzene rings is 1. The third-order valence-electron chi connectivity index (χ3n) is 3.92. The van der Waals surface area contributed by atoms with Gasteiger partial charge in [-0.2, -0.15) is 0 Å². The van der Waals surface area contributed by atoms with Gasteiger partial charge in [0.2, 0.25) is 5.91 Å². The Morgan fingerprint density at radius 2 is 1.84 bits per heavy atom. The van der Waals surface area contributed by atoms with Crippen molar-refractivity contribution in [2.45, 2.75) is 50.6 Å². The predicted octanol–water partition coefficient (Wildman–Crippen LogP) is 3.18. The summed E-state index contributed by atoms with van der Waals surface area (Å²) in [5.41, 5.74) is 6.58. The van der Waals surface area contributed by atoms with Crippen LogP contribution in [0.5, 0.6) is 0 Å². The Hall–Kier alpha value is -1.06. The standard InChI is InChI=1S/C15H21ClN2O/c1-11(12-5-7-13(16)8-6-12)18-14(19)15(17)9-3-2-4-10-15/h5-8,11H,2-4,9-10,17H2,1H3,(H,18,19)/t11-/m1/s1. The number of halogens is 1. The number of carbonyl (C=O) groups excluding carboxylic acids is 1. The van der Waals surface area contributed by atoms with Crippen LogP contribution < -0.4 is 11.1 Å². The maximum absolute atomic E-state index is 12.3.